The molecule has 0 radical (unpaired) electrons. The topological polar surface area (TPSA) is 26.3 Å². The van der Waals surface area contributed by atoms with E-state index >= 15 is 0 Å². The fourth-order valence-corrected chi connectivity index (χ4v) is 0.561. The largest absolute Gasteiger partial charge is 0.462 e. The van der Waals surface area contributed by atoms with Crippen LogP contribution in [0.4, 0.5) is 0 Å². The van der Waals surface area contributed by atoms with Crippen LogP contribution in [0.3, 0.4) is 0 Å². The van der Waals surface area contributed by atoms with Crippen molar-refractivity contribution in [3.05, 3.63) is 12.2 Å². The highest BCUT2D eigenvalue weighted by Gasteiger charge is 1.84. The Morgan fingerprint density at radius 3 is 2.78 bits per heavy atom. The minimum atomic E-state index is -0.241. The number of halogens is 1. The first-order valence-corrected chi connectivity index (χ1v) is 3.74. The lowest BCUT2D eigenvalue weighted by molar-refractivity contribution is -0.139. The van der Waals surface area contributed by atoms with Crippen LogP contribution in [0.5, 0.6) is 0 Å². The number of allylic oxidation sites excluding steroid dienone is 1. The SMILES string of the molecule is CC(=O)OC/C=C/CBr. The van der Waals surface area contributed by atoms with E-state index in [1.54, 1.807) is 6.08 Å². The number of rotatable bonds is 3. The zero-order chi connectivity index (χ0) is 7.11. The molecular weight excluding hydrogens is 184 g/mol. The molecule has 0 saturated heterocycles. The van der Waals surface area contributed by atoms with Gasteiger partial charge in [-0.3, -0.25) is 4.79 Å². The van der Waals surface area contributed by atoms with E-state index in [9.17, 15) is 4.79 Å². The second-order valence-corrected chi connectivity index (χ2v) is 2.08. The summed E-state index contributed by atoms with van der Waals surface area (Å²) in [7, 11) is 0. The maximum atomic E-state index is 10.1. The smallest absolute Gasteiger partial charge is 0.302 e. The summed E-state index contributed by atoms with van der Waals surface area (Å²) >= 11 is 3.19. The first-order valence-electron chi connectivity index (χ1n) is 2.61. The minimum Gasteiger partial charge on any atom is -0.462 e. The molecule has 0 heterocycles. The number of hydrogen-bond donors (Lipinski definition) is 0. The third kappa shape index (κ3) is 7.69. The normalized spacial score (nSPS) is 10.0. The van der Waals surface area contributed by atoms with Crippen molar-refractivity contribution in [3.63, 3.8) is 0 Å². The van der Waals surface area contributed by atoms with Gasteiger partial charge in [0.25, 0.3) is 0 Å². The Labute approximate surface area is 63.0 Å². The molecule has 0 spiro atoms. The van der Waals surface area contributed by atoms with Crippen LogP contribution in [-0.4, -0.2) is 17.9 Å². The van der Waals surface area contributed by atoms with Gasteiger partial charge in [-0.15, -0.1) is 0 Å². The van der Waals surface area contributed by atoms with Crippen molar-refractivity contribution in [2.75, 3.05) is 11.9 Å². The average Bonchev–Trinajstić information content (AvgIpc) is 1.80. The monoisotopic (exact) mass is 192 g/mol. The third-order valence-electron chi connectivity index (χ3n) is 0.639. The standard InChI is InChI=1S/C6H9BrO2/c1-6(8)9-5-3-2-4-7/h2-3H,4-5H2,1H3/b3-2+. The summed E-state index contributed by atoms with van der Waals surface area (Å²) in [5, 5.41) is 0.800. The summed E-state index contributed by atoms with van der Waals surface area (Å²) in [6.45, 7) is 1.77. The lowest BCUT2D eigenvalue weighted by atomic mass is 10.5. The summed E-state index contributed by atoms with van der Waals surface area (Å²) < 4.78 is 4.60. The number of ether oxygens (including phenoxy) is 1. The molecule has 2 nitrogen and oxygen atoms in total. The predicted octanol–water partition coefficient (Wildman–Crippen LogP) is 1.50. The lowest BCUT2D eigenvalue weighted by Gasteiger charge is -1.92. The van der Waals surface area contributed by atoms with Crippen molar-refractivity contribution in [1.82, 2.24) is 0 Å². The average molecular weight is 193 g/mol. The summed E-state index contributed by atoms with van der Waals surface area (Å²) in [4.78, 5) is 10.1. The third-order valence-corrected chi connectivity index (χ3v) is 1.01. The van der Waals surface area contributed by atoms with E-state index in [0.717, 1.165) is 5.33 Å². The van der Waals surface area contributed by atoms with Crippen LogP contribution >= 0.6 is 15.9 Å². The van der Waals surface area contributed by atoms with Gasteiger partial charge in [-0.1, -0.05) is 28.1 Å². The second kappa shape index (κ2) is 5.82. The Morgan fingerprint density at radius 2 is 2.33 bits per heavy atom. The quantitative estimate of drug-likeness (QED) is 0.385. The van der Waals surface area contributed by atoms with E-state index in [1.165, 1.54) is 6.92 Å². The molecule has 0 amide bonds. The molecular formula is C6H9BrO2. The number of carbonyl (C=O) groups is 1. The molecule has 0 saturated carbocycles. The van der Waals surface area contributed by atoms with Gasteiger partial charge in [-0.2, -0.15) is 0 Å². The summed E-state index contributed by atoms with van der Waals surface area (Å²) in [5.41, 5.74) is 0. The Balaban J connectivity index is 3.09. The van der Waals surface area contributed by atoms with E-state index in [2.05, 4.69) is 20.7 Å². The minimum absolute atomic E-state index is 0.241. The zero-order valence-electron chi connectivity index (χ0n) is 5.26. The Morgan fingerprint density at radius 1 is 1.67 bits per heavy atom. The fourth-order valence-electron chi connectivity index (χ4n) is 0.297. The van der Waals surface area contributed by atoms with Gasteiger partial charge in [0.2, 0.25) is 0 Å². The van der Waals surface area contributed by atoms with Gasteiger partial charge in [0.15, 0.2) is 0 Å². The van der Waals surface area contributed by atoms with Gasteiger partial charge >= 0.3 is 5.97 Å². The Hall–Kier alpha value is -0.310. The van der Waals surface area contributed by atoms with Crippen molar-refractivity contribution in [3.8, 4) is 0 Å². The zero-order valence-corrected chi connectivity index (χ0v) is 6.85. The molecule has 0 atom stereocenters. The van der Waals surface area contributed by atoms with Gasteiger partial charge in [-0.25, -0.2) is 0 Å². The van der Waals surface area contributed by atoms with Crippen molar-refractivity contribution in [1.29, 1.82) is 0 Å². The molecule has 0 bridgehead atoms. The van der Waals surface area contributed by atoms with Crippen LogP contribution in [0.2, 0.25) is 0 Å². The number of esters is 1. The molecule has 9 heavy (non-hydrogen) atoms. The highest BCUT2D eigenvalue weighted by atomic mass is 79.9. The fraction of sp³-hybridized carbons (Fsp3) is 0.500. The summed E-state index contributed by atoms with van der Waals surface area (Å²) in [5.74, 6) is -0.241. The Kier molecular flexibility index (Phi) is 5.62. The van der Waals surface area contributed by atoms with Crippen LogP contribution in [0.1, 0.15) is 6.92 Å². The van der Waals surface area contributed by atoms with Gasteiger partial charge < -0.3 is 4.74 Å². The molecule has 0 aliphatic heterocycles. The molecule has 0 N–H and O–H groups in total. The van der Waals surface area contributed by atoms with Crippen LogP contribution < -0.4 is 0 Å². The van der Waals surface area contributed by atoms with Crippen molar-refractivity contribution in [2.45, 2.75) is 6.92 Å². The summed E-state index contributed by atoms with van der Waals surface area (Å²) in [6.07, 6.45) is 3.67. The van der Waals surface area contributed by atoms with Gasteiger partial charge in [0.05, 0.1) is 0 Å². The molecule has 0 rings (SSSR count). The van der Waals surface area contributed by atoms with Crippen molar-refractivity contribution < 1.29 is 9.53 Å². The number of alkyl halides is 1. The number of carbonyl (C=O) groups excluding carboxylic acids is 1. The van der Waals surface area contributed by atoms with E-state index < -0.39 is 0 Å². The van der Waals surface area contributed by atoms with Gasteiger partial charge in [-0.05, 0) is 0 Å². The van der Waals surface area contributed by atoms with E-state index in [0.29, 0.717) is 6.61 Å². The van der Waals surface area contributed by atoms with Crippen LogP contribution in [-0.2, 0) is 9.53 Å². The second-order valence-electron chi connectivity index (χ2n) is 1.43. The molecule has 0 aromatic heterocycles. The molecule has 52 valence electrons. The van der Waals surface area contributed by atoms with Gasteiger partial charge in [0, 0.05) is 12.3 Å². The van der Waals surface area contributed by atoms with Crippen molar-refractivity contribution in [2.24, 2.45) is 0 Å². The first kappa shape index (κ1) is 8.69. The van der Waals surface area contributed by atoms with E-state index in [4.69, 9.17) is 0 Å². The predicted molar refractivity (Wildman–Crippen MR) is 39.6 cm³/mol. The maximum Gasteiger partial charge on any atom is 0.302 e. The Bertz CT molecular complexity index is 110. The molecule has 3 heteroatoms. The molecule has 0 fully saturated rings. The maximum absolute atomic E-state index is 10.1. The summed E-state index contributed by atoms with van der Waals surface area (Å²) in [6, 6.07) is 0. The van der Waals surface area contributed by atoms with Gasteiger partial charge in [0.1, 0.15) is 6.61 Å². The molecule has 0 unspecified atom stereocenters. The highest BCUT2D eigenvalue weighted by molar-refractivity contribution is 9.09. The molecule has 0 aliphatic carbocycles. The van der Waals surface area contributed by atoms with Crippen LogP contribution in [0.25, 0.3) is 0 Å². The van der Waals surface area contributed by atoms with Crippen molar-refractivity contribution >= 4 is 21.9 Å². The molecule has 0 aromatic rings. The molecule has 0 aliphatic rings. The van der Waals surface area contributed by atoms with E-state index in [-0.39, 0.29) is 5.97 Å². The number of hydrogen-bond acceptors (Lipinski definition) is 2. The highest BCUT2D eigenvalue weighted by Crippen LogP contribution is 1.82. The lowest BCUT2D eigenvalue weighted by Crippen LogP contribution is -1.97. The van der Waals surface area contributed by atoms with Crippen LogP contribution in [0.15, 0.2) is 12.2 Å². The first-order chi connectivity index (χ1) is 4.27. The van der Waals surface area contributed by atoms with E-state index in [1.807, 2.05) is 6.08 Å². The van der Waals surface area contributed by atoms with Crippen LogP contribution in [0, 0.1) is 0 Å². The molecule has 0 aromatic carbocycles.